The van der Waals surface area contributed by atoms with Crippen LogP contribution in [0, 0.1) is 11.6 Å². The minimum atomic E-state index is -5.08. The van der Waals surface area contributed by atoms with E-state index in [2.05, 4.69) is 20.0 Å². The van der Waals surface area contributed by atoms with Crippen molar-refractivity contribution in [2.45, 2.75) is 18.8 Å². The van der Waals surface area contributed by atoms with Crippen molar-refractivity contribution < 1.29 is 31.5 Å². The molecule has 30 heavy (non-hydrogen) atoms. The number of alkyl halides is 3. The van der Waals surface area contributed by atoms with Crippen LogP contribution in [-0.4, -0.2) is 22.2 Å². The third kappa shape index (κ3) is 5.49. The fourth-order valence-electron chi connectivity index (χ4n) is 2.72. The average Bonchev–Trinajstić information content (AvgIpc) is 2.68. The summed E-state index contributed by atoms with van der Waals surface area (Å²) in [7, 11) is 0. The molecule has 0 aliphatic heterocycles. The van der Waals surface area contributed by atoms with Gasteiger partial charge >= 0.3 is 6.36 Å². The van der Waals surface area contributed by atoms with Gasteiger partial charge in [0.1, 0.15) is 11.5 Å². The van der Waals surface area contributed by atoms with Gasteiger partial charge in [0.25, 0.3) is 0 Å². The minimum Gasteiger partial charge on any atom is -0.403 e. The van der Waals surface area contributed by atoms with E-state index in [0.717, 1.165) is 24.3 Å². The maximum atomic E-state index is 14.3. The lowest BCUT2D eigenvalue weighted by Crippen LogP contribution is -2.32. The molecule has 2 aromatic heterocycles. The zero-order chi connectivity index (χ0) is 21.7. The van der Waals surface area contributed by atoms with E-state index in [9.17, 15) is 26.7 Å². The van der Waals surface area contributed by atoms with E-state index in [1.54, 1.807) is 12.1 Å². The van der Waals surface area contributed by atoms with Crippen LogP contribution in [-0.2, 0) is 11.2 Å². The second-order valence-electron chi connectivity index (χ2n) is 6.15. The molecule has 0 aliphatic carbocycles. The van der Waals surface area contributed by atoms with Crippen molar-refractivity contribution in [1.82, 2.24) is 15.3 Å². The maximum Gasteiger partial charge on any atom is 0.573 e. The van der Waals surface area contributed by atoms with Gasteiger partial charge in [-0.1, -0.05) is 12.1 Å². The van der Waals surface area contributed by atoms with Crippen molar-refractivity contribution >= 4 is 5.91 Å². The maximum absolute atomic E-state index is 14.3. The Kier molecular flexibility index (Phi) is 6.24. The molecule has 0 saturated carbocycles. The van der Waals surface area contributed by atoms with Gasteiger partial charge in [-0.15, -0.1) is 13.2 Å². The minimum absolute atomic E-state index is 0.0147. The number of ether oxygens (including phenoxy) is 1. The van der Waals surface area contributed by atoms with Crippen molar-refractivity contribution in [3.8, 4) is 5.75 Å². The van der Waals surface area contributed by atoms with Crippen LogP contribution in [0.15, 0.2) is 61.1 Å². The molecular weight excluding hydrogens is 409 g/mol. The molecule has 0 aliphatic rings. The summed E-state index contributed by atoms with van der Waals surface area (Å²) >= 11 is 0. The number of benzene rings is 1. The highest BCUT2D eigenvalue weighted by Gasteiger charge is 2.33. The van der Waals surface area contributed by atoms with Crippen molar-refractivity contribution in [2.75, 3.05) is 0 Å². The lowest BCUT2D eigenvalue weighted by Gasteiger charge is -2.20. The third-order valence-corrected chi connectivity index (χ3v) is 3.97. The first-order valence-corrected chi connectivity index (χ1v) is 8.57. The molecule has 10 heteroatoms. The quantitative estimate of drug-likeness (QED) is 0.607. The van der Waals surface area contributed by atoms with E-state index in [4.69, 9.17) is 0 Å². The van der Waals surface area contributed by atoms with Gasteiger partial charge in [0.2, 0.25) is 5.91 Å². The summed E-state index contributed by atoms with van der Waals surface area (Å²) in [5, 5.41) is 2.53. The molecule has 0 spiro atoms. The molecule has 156 valence electrons. The zero-order valence-electron chi connectivity index (χ0n) is 15.2. The highest BCUT2D eigenvalue weighted by atomic mass is 19.4. The van der Waals surface area contributed by atoms with Gasteiger partial charge in [-0.25, -0.2) is 8.78 Å². The molecule has 0 bridgehead atoms. The normalized spacial score (nSPS) is 12.3. The number of carbonyl (C=O) groups excluding carboxylic acids is 1. The average molecular weight is 423 g/mol. The van der Waals surface area contributed by atoms with Crippen molar-refractivity contribution in [2.24, 2.45) is 0 Å². The van der Waals surface area contributed by atoms with Gasteiger partial charge in [-0.2, -0.15) is 0 Å². The molecular formula is C20H14F5N3O2. The van der Waals surface area contributed by atoms with E-state index in [1.165, 1.54) is 24.7 Å². The number of carbonyl (C=O) groups is 1. The van der Waals surface area contributed by atoms with Gasteiger partial charge in [0.15, 0.2) is 11.6 Å². The first kappa shape index (κ1) is 21.2. The second kappa shape index (κ2) is 8.85. The van der Waals surface area contributed by atoms with Crippen LogP contribution >= 0.6 is 0 Å². The fraction of sp³-hybridized carbons (Fsp3) is 0.150. The smallest absolute Gasteiger partial charge is 0.403 e. The van der Waals surface area contributed by atoms with Crippen LogP contribution < -0.4 is 10.1 Å². The van der Waals surface area contributed by atoms with Crippen LogP contribution in [0.25, 0.3) is 0 Å². The topological polar surface area (TPSA) is 64.1 Å². The molecule has 0 radical (unpaired) electrons. The van der Waals surface area contributed by atoms with Gasteiger partial charge in [0, 0.05) is 18.6 Å². The van der Waals surface area contributed by atoms with E-state index in [1.807, 2.05) is 0 Å². The van der Waals surface area contributed by atoms with Crippen LogP contribution in [0.2, 0.25) is 0 Å². The van der Waals surface area contributed by atoms with Crippen molar-refractivity contribution in [3.05, 3.63) is 89.5 Å². The summed E-state index contributed by atoms with van der Waals surface area (Å²) in [5.74, 6) is -3.70. The van der Waals surface area contributed by atoms with E-state index < -0.39 is 35.7 Å². The van der Waals surface area contributed by atoms with Gasteiger partial charge in [-0.3, -0.25) is 14.8 Å². The third-order valence-electron chi connectivity index (χ3n) is 3.97. The lowest BCUT2D eigenvalue weighted by molar-refractivity contribution is -0.275. The van der Waals surface area contributed by atoms with Gasteiger partial charge in [-0.05, 0) is 41.5 Å². The SMILES string of the molecule is O=C(Cc1cccnc1)NC(c1ccc(OC(F)(F)F)c(F)c1)c1ncccc1F. The number of pyridine rings is 2. The standard InChI is InChI=1S/C20H14F5N3O2/c21-14-4-2-8-27-19(14)18(28-17(29)9-12-3-1-7-26-11-12)13-5-6-16(15(22)10-13)30-20(23,24)25/h1-8,10-11,18H,9H2,(H,28,29). The molecule has 2 heterocycles. The van der Waals surface area contributed by atoms with Crippen LogP contribution in [0.5, 0.6) is 5.75 Å². The molecule has 1 atom stereocenters. The monoisotopic (exact) mass is 423 g/mol. The summed E-state index contributed by atoms with van der Waals surface area (Å²) in [6, 6.07) is 7.04. The number of hydrogen-bond donors (Lipinski definition) is 1. The Balaban J connectivity index is 1.91. The molecule has 3 aromatic rings. The van der Waals surface area contributed by atoms with Gasteiger partial charge in [0.05, 0.1) is 12.5 Å². The zero-order valence-corrected chi connectivity index (χ0v) is 15.2. The Hall–Kier alpha value is -3.56. The molecule has 0 saturated heterocycles. The molecule has 3 rings (SSSR count). The Labute approximate surface area is 167 Å². The first-order chi connectivity index (χ1) is 14.2. The molecule has 0 fully saturated rings. The fourth-order valence-corrected chi connectivity index (χ4v) is 2.72. The number of nitrogens with one attached hydrogen (secondary N) is 1. The van der Waals surface area contributed by atoms with Crippen LogP contribution in [0.4, 0.5) is 22.0 Å². The second-order valence-corrected chi connectivity index (χ2v) is 6.15. The predicted octanol–water partition coefficient (Wildman–Crippen LogP) is 4.10. The van der Waals surface area contributed by atoms with Crippen LogP contribution in [0.3, 0.4) is 0 Å². The number of amides is 1. The first-order valence-electron chi connectivity index (χ1n) is 8.57. The number of hydrogen-bond acceptors (Lipinski definition) is 4. The Morgan fingerprint density at radius 1 is 1.07 bits per heavy atom. The Bertz CT molecular complexity index is 1030. The van der Waals surface area contributed by atoms with Crippen LogP contribution in [0.1, 0.15) is 22.9 Å². The van der Waals surface area contributed by atoms with Gasteiger partial charge < -0.3 is 10.1 Å². The molecule has 1 amide bonds. The summed E-state index contributed by atoms with van der Waals surface area (Å²) in [6.07, 6.45) is -0.904. The summed E-state index contributed by atoms with van der Waals surface area (Å²) in [5.41, 5.74) is 0.343. The summed E-state index contributed by atoms with van der Waals surface area (Å²) in [6.45, 7) is 0. The molecule has 5 nitrogen and oxygen atoms in total. The highest BCUT2D eigenvalue weighted by molar-refractivity contribution is 5.79. The predicted molar refractivity (Wildman–Crippen MR) is 95.2 cm³/mol. The summed E-state index contributed by atoms with van der Waals surface area (Å²) < 4.78 is 69.2. The number of nitrogens with zero attached hydrogens (tertiary/aromatic N) is 2. The molecule has 1 unspecified atom stereocenters. The largest absolute Gasteiger partial charge is 0.573 e. The lowest BCUT2D eigenvalue weighted by atomic mass is 10.0. The van der Waals surface area contributed by atoms with E-state index in [0.29, 0.717) is 5.56 Å². The molecule has 1 N–H and O–H groups in total. The number of aromatic nitrogens is 2. The number of halogens is 5. The Morgan fingerprint density at radius 3 is 2.47 bits per heavy atom. The van der Waals surface area contributed by atoms with E-state index in [-0.39, 0.29) is 17.7 Å². The number of rotatable bonds is 6. The summed E-state index contributed by atoms with van der Waals surface area (Å²) in [4.78, 5) is 20.2. The van der Waals surface area contributed by atoms with Crippen molar-refractivity contribution in [1.29, 1.82) is 0 Å². The van der Waals surface area contributed by atoms with Crippen molar-refractivity contribution in [3.63, 3.8) is 0 Å². The highest BCUT2D eigenvalue weighted by Crippen LogP contribution is 2.30. The van der Waals surface area contributed by atoms with E-state index >= 15 is 0 Å². The Morgan fingerprint density at radius 2 is 1.83 bits per heavy atom. The molecule has 1 aromatic carbocycles.